The van der Waals surface area contributed by atoms with Crippen LogP contribution < -0.4 is 0 Å². The third-order valence-corrected chi connectivity index (χ3v) is 4.70. The van der Waals surface area contributed by atoms with Gasteiger partial charge in [-0.3, -0.25) is 0 Å². The van der Waals surface area contributed by atoms with Crippen LogP contribution in [0.3, 0.4) is 0 Å². The summed E-state index contributed by atoms with van der Waals surface area (Å²) < 4.78 is 0.959. The number of rotatable bonds is 2. The molecule has 1 nitrogen and oxygen atoms in total. The molecule has 3 heteroatoms. The number of thiophene rings is 1. The van der Waals surface area contributed by atoms with Gasteiger partial charge >= 0.3 is 0 Å². The first kappa shape index (κ1) is 12.8. The van der Waals surface area contributed by atoms with Crippen molar-refractivity contribution >= 4 is 27.3 Å². The maximum absolute atomic E-state index is 10.5. The number of halogens is 1. The van der Waals surface area contributed by atoms with Crippen LogP contribution in [0.2, 0.25) is 0 Å². The third kappa shape index (κ3) is 2.62. The minimum absolute atomic E-state index is 0.539. The molecule has 1 aromatic carbocycles. The average Bonchev–Trinajstić information content (AvgIpc) is 2.60. The highest BCUT2D eigenvalue weighted by atomic mass is 79.9. The van der Waals surface area contributed by atoms with Crippen molar-refractivity contribution in [2.75, 3.05) is 0 Å². The third-order valence-electron chi connectivity index (χ3n) is 2.77. The van der Waals surface area contributed by atoms with E-state index in [-0.39, 0.29) is 0 Å². The molecule has 0 aliphatic rings. The highest BCUT2D eigenvalue weighted by Gasteiger charge is 2.18. The first-order chi connectivity index (χ1) is 7.99. The summed E-state index contributed by atoms with van der Waals surface area (Å²) in [7, 11) is 0. The lowest BCUT2D eigenvalue weighted by Gasteiger charge is -2.13. The Morgan fingerprint density at radius 2 is 1.88 bits per heavy atom. The van der Waals surface area contributed by atoms with E-state index in [1.165, 1.54) is 4.88 Å². The second-order valence-electron chi connectivity index (χ2n) is 4.33. The molecule has 0 radical (unpaired) electrons. The molecule has 1 aromatic heterocycles. The van der Waals surface area contributed by atoms with Gasteiger partial charge in [-0.05, 0) is 38.5 Å². The summed E-state index contributed by atoms with van der Waals surface area (Å²) in [5.74, 6) is 0. The summed E-state index contributed by atoms with van der Waals surface area (Å²) in [6.45, 7) is 6.15. The van der Waals surface area contributed by atoms with Gasteiger partial charge in [-0.25, -0.2) is 0 Å². The largest absolute Gasteiger partial charge is 0.383 e. The van der Waals surface area contributed by atoms with E-state index in [1.54, 1.807) is 11.3 Å². The van der Waals surface area contributed by atoms with Crippen molar-refractivity contribution in [3.8, 4) is 0 Å². The van der Waals surface area contributed by atoms with Crippen molar-refractivity contribution in [2.24, 2.45) is 0 Å². The zero-order valence-corrected chi connectivity index (χ0v) is 12.5. The molecule has 1 heterocycles. The molecule has 2 rings (SSSR count). The second-order valence-corrected chi connectivity index (χ2v) is 6.47. The monoisotopic (exact) mass is 310 g/mol. The topological polar surface area (TPSA) is 20.2 Å². The zero-order valence-electron chi connectivity index (χ0n) is 10.1. The number of aryl methyl sites for hydroxylation is 3. The van der Waals surface area contributed by atoms with Gasteiger partial charge in [0.25, 0.3) is 0 Å². The summed E-state index contributed by atoms with van der Waals surface area (Å²) in [5.41, 5.74) is 3.26. The molecule has 0 spiro atoms. The van der Waals surface area contributed by atoms with Crippen LogP contribution in [0.4, 0.5) is 0 Å². The van der Waals surface area contributed by atoms with Crippen LogP contribution in [-0.4, -0.2) is 5.11 Å². The smallest absolute Gasteiger partial charge is 0.115 e. The summed E-state index contributed by atoms with van der Waals surface area (Å²) >= 11 is 5.17. The second kappa shape index (κ2) is 4.92. The van der Waals surface area contributed by atoms with E-state index < -0.39 is 6.10 Å². The van der Waals surface area contributed by atoms with Crippen molar-refractivity contribution in [3.05, 3.63) is 55.2 Å². The van der Waals surface area contributed by atoms with Crippen LogP contribution in [0.15, 0.2) is 28.7 Å². The lowest BCUT2D eigenvalue weighted by molar-refractivity contribution is 0.222. The fraction of sp³-hybridized carbons (Fsp3) is 0.286. The average molecular weight is 311 g/mol. The molecule has 0 saturated carbocycles. The number of hydrogen-bond donors (Lipinski definition) is 1. The van der Waals surface area contributed by atoms with Gasteiger partial charge in [0.05, 0.1) is 0 Å². The fourth-order valence-corrected chi connectivity index (χ4v) is 3.45. The summed E-state index contributed by atoms with van der Waals surface area (Å²) in [6, 6.07) is 8.17. The number of benzene rings is 1. The van der Waals surface area contributed by atoms with E-state index in [9.17, 15) is 5.11 Å². The molecule has 1 atom stereocenters. The molecule has 0 amide bonds. The van der Waals surface area contributed by atoms with Crippen molar-refractivity contribution in [2.45, 2.75) is 26.9 Å². The Hall–Kier alpha value is -0.640. The van der Waals surface area contributed by atoms with Gasteiger partial charge in [-0.15, -0.1) is 11.3 Å². The van der Waals surface area contributed by atoms with Gasteiger partial charge in [0, 0.05) is 19.8 Å². The number of hydrogen-bond acceptors (Lipinski definition) is 2. The lowest BCUT2D eigenvalue weighted by Crippen LogP contribution is -2.00. The zero-order chi connectivity index (χ0) is 12.6. The minimum Gasteiger partial charge on any atom is -0.383 e. The Bertz CT molecular complexity index is 545. The van der Waals surface area contributed by atoms with Gasteiger partial charge in [-0.1, -0.05) is 33.6 Å². The quantitative estimate of drug-likeness (QED) is 0.864. The van der Waals surface area contributed by atoms with Crippen molar-refractivity contribution < 1.29 is 5.11 Å². The Morgan fingerprint density at radius 1 is 1.18 bits per heavy atom. The van der Waals surface area contributed by atoms with Crippen LogP contribution in [0.1, 0.15) is 32.5 Å². The molecule has 2 aromatic rings. The number of aliphatic hydroxyl groups excluding tert-OH is 1. The van der Waals surface area contributed by atoms with Gasteiger partial charge in [0.15, 0.2) is 0 Å². The van der Waals surface area contributed by atoms with Crippen molar-refractivity contribution in [1.82, 2.24) is 0 Å². The Morgan fingerprint density at radius 3 is 2.47 bits per heavy atom. The molecule has 0 aliphatic heterocycles. The van der Waals surface area contributed by atoms with Crippen LogP contribution in [-0.2, 0) is 0 Å². The highest BCUT2D eigenvalue weighted by molar-refractivity contribution is 9.10. The van der Waals surface area contributed by atoms with E-state index in [1.807, 2.05) is 32.0 Å². The first-order valence-electron chi connectivity index (χ1n) is 5.50. The van der Waals surface area contributed by atoms with E-state index in [4.69, 9.17) is 0 Å². The predicted molar refractivity (Wildman–Crippen MR) is 76.7 cm³/mol. The molecule has 1 N–H and O–H groups in total. The normalized spacial score (nSPS) is 12.8. The predicted octanol–water partition coefficient (Wildman–Crippen LogP) is 4.52. The maximum atomic E-state index is 10.5. The fourth-order valence-electron chi connectivity index (χ4n) is 1.94. The van der Waals surface area contributed by atoms with Crippen LogP contribution in [0.5, 0.6) is 0 Å². The van der Waals surface area contributed by atoms with Gasteiger partial charge in [-0.2, -0.15) is 0 Å². The van der Waals surface area contributed by atoms with Crippen LogP contribution >= 0.6 is 27.3 Å². The van der Waals surface area contributed by atoms with Crippen LogP contribution in [0.25, 0.3) is 0 Å². The first-order valence-corrected chi connectivity index (χ1v) is 7.11. The Labute approximate surface area is 114 Å². The highest BCUT2D eigenvalue weighted by Crippen LogP contribution is 2.35. The lowest BCUT2D eigenvalue weighted by atomic mass is 10.0. The SMILES string of the molecule is Cc1ccc(Br)c(C(O)c2sc(C)cc2C)c1. The van der Waals surface area contributed by atoms with Gasteiger partial charge in [0.2, 0.25) is 0 Å². The Kier molecular flexibility index (Phi) is 3.71. The summed E-state index contributed by atoms with van der Waals surface area (Å²) in [6.07, 6.45) is -0.539. The van der Waals surface area contributed by atoms with E-state index >= 15 is 0 Å². The molecule has 0 bridgehead atoms. The minimum atomic E-state index is -0.539. The molecule has 0 aliphatic carbocycles. The molecule has 1 unspecified atom stereocenters. The molecular weight excluding hydrogens is 296 g/mol. The Balaban J connectivity index is 2.46. The van der Waals surface area contributed by atoms with E-state index in [2.05, 4.69) is 28.9 Å². The molecule has 17 heavy (non-hydrogen) atoms. The number of aliphatic hydroxyl groups is 1. The maximum Gasteiger partial charge on any atom is 0.115 e. The van der Waals surface area contributed by atoms with E-state index in [0.717, 1.165) is 26.0 Å². The van der Waals surface area contributed by atoms with Gasteiger partial charge < -0.3 is 5.11 Å². The van der Waals surface area contributed by atoms with Crippen molar-refractivity contribution in [1.29, 1.82) is 0 Å². The van der Waals surface area contributed by atoms with Crippen LogP contribution in [0, 0.1) is 20.8 Å². The molecular formula is C14H15BrOS. The molecule has 0 saturated heterocycles. The van der Waals surface area contributed by atoms with E-state index in [0.29, 0.717) is 0 Å². The summed E-state index contributed by atoms with van der Waals surface area (Å²) in [5, 5.41) is 10.5. The van der Waals surface area contributed by atoms with Gasteiger partial charge in [0.1, 0.15) is 6.10 Å². The molecule has 0 fully saturated rings. The van der Waals surface area contributed by atoms with Crippen molar-refractivity contribution in [3.63, 3.8) is 0 Å². The summed E-state index contributed by atoms with van der Waals surface area (Å²) in [4.78, 5) is 2.27. The standard InChI is InChI=1S/C14H15BrOS/c1-8-4-5-12(15)11(6-8)13(16)14-9(2)7-10(3)17-14/h4-7,13,16H,1-3H3. The molecule has 90 valence electrons.